The predicted octanol–water partition coefficient (Wildman–Crippen LogP) is 0.983. The summed E-state index contributed by atoms with van der Waals surface area (Å²) in [5, 5.41) is 8.48. The van der Waals surface area contributed by atoms with Gasteiger partial charge in [-0.2, -0.15) is 0 Å². The lowest BCUT2D eigenvalue weighted by atomic mass is 10.3. The molecule has 0 atom stereocenters. The maximum atomic E-state index is 11.0. The molecule has 0 aliphatic heterocycles. The number of benzene rings is 1. The van der Waals surface area contributed by atoms with E-state index in [4.69, 9.17) is 14.6 Å². The van der Waals surface area contributed by atoms with E-state index in [2.05, 4.69) is 0 Å². The van der Waals surface area contributed by atoms with Crippen LogP contribution in [0.1, 0.15) is 6.42 Å². The second kappa shape index (κ2) is 5.24. The van der Waals surface area contributed by atoms with Crippen molar-refractivity contribution in [1.29, 1.82) is 0 Å². The minimum atomic E-state index is -0.447. The summed E-state index contributed by atoms with van der Waals surface area (Å²) in [6.07, 6.45) is 0.00598. The third-order valence-electron chi connectivity index (χ3n) is 1.61. The van der Waals surface area contributed by atoms with Gasteiger partial charge < -0.3 is 14.6 Å². The van der Waals surface area contributed by atoms with E-state index < -0.39 is 5.97 Å². The number of hydrogen-bond donors (Lipinski definition) is 1. The van der Waals surface area contributed by atoms with Crippen LogP contribution >= 0.6 is 0 Å². The summed E-state index contributed by atoms with van der Waals surface area (Å²) >= 11 is 0. The Bertz CT molecular complexity index is 291. The van der Waals surface area contributed by atoms with Crippen LogP contribution in [-0.4, -0.2) is 24.8 Å². The molecule has 0 radical (unpaired) electrons. The number of carbonyl (C=O) groups excluding carboxylic acids is 1. The lowest BCUT2D eigenvalue weighted by Crippen LogP contribution is -2.09. The highest BCUT2D eigenvalue weighted by Gasteiger charge is 2.03. The van der Waals surface area contributed by atoms with Gasteiger partial charge in [0, 0.05) is 0 Å². The summed E-state index contributed by atoms with van der Waals surface area (Å²) < 4.78 is 9.84. The number of hydrogen-bond acceptors (Lipinski definition) is 4. The number of ether oxygens (including phenoxy) is 2. The van der Waals surface area contributed by atoms with Crippen molar-refractivity contribution in [3.05, 3.63) is 24.3 Å². The fraction of sp³-hybridized carbons (Fsp3) is 0.300. The smallest absolute Gasteiger partial charge is 0.313 e. The molecule has 76 valence electrons. The van der Waals surface area contributed by atoms with Crippen LogP contribution in [0.2, 0.25) is 0 Å². The molecule has 0 aromatic heterocycles. The molecule has 1 aromatic carbocycles. The Morgan fingerprint density at radius 1 is 1.29 bits per heavy atom. The first-order chi connectivity index (χ1) is 6.76. The Kier molecular flexibility index (Phi) is 3.94. The van der Waals surface area contributed by atoms with Gasteiger partial charge in [-0.25, -0.2) is 0 Å². The van der Waals surface area contributed by atoms with Crippen LogP contribution in [0.4, 0.5) is 0 Å². The first-order valence-electron chi connectivity index (χ1n) is 4.22. The van der Waals surface area contributed by atoms with Crippen molar-refractivity contribution >= 4 is 5.97 Å². The first-order valence-corrected chi connectivity index (χ1v) is 4.22. The summed E-state index contributed by atoms with van der Waals surface area (Å²) in [7, 11) is 1.56. The molecule has 1 aromatic rings. The predicted molar refractivity (Wildman–Crippen MR) is 50.3 cm³/mol. The zero-order chi connectivity index (χ0) is 10.4. The van der Waals surface area contributed by atoms with E-state index in [1.165, 1.54) is 0 Å². The molecular weight excluding hydrogens is 184 g/mol. The Morgan fingerprint density at radius 2 is 1.86 bits per heavy atom. The van der Waals surface area contributed by atoms with Crippen LogP contribution in [0.15, 0.2) is 24.3 Å². The molecule has 0 aliphatic carbocycles. The van der Waals surface area contributed by atoms with Crippen LogP contribution in [0.3, 0.4) is 0 Å². The van der Waals surface area contributed by atoms with Gasteiger partial charge in [0.05, 0.1) is 20.1 Å². The fourth-order valence-corrected chi connectivity index (χ4v) is 0.918. The van der Waals surface area contributed by atoms with E-state index in [-0.39, 0.29) is 13.0 Å². The summed E-state index contributed by atoms with van der Waals surface area (Å²) in [5.74, 6) is 0.703. The molecule has 1 rings (SSSR count). The first kappa shape index (κ1) is 10.5. The van der Waals surface area contributed by atoms with Gasteiger partial charge in [-0.1, -0.05) is 0 Å². The van der Waals surface area contributed by atoms with Gasteiger partial charge >= 0.3 is 5.97 Å². The molecule has 4 heteroatoms. The van der Waals surface area contributed by atoms with Gasteiger partial charge in [-0.15, -0.1) is 0 Å². The molecule has 0 fully saturated rings. The maximum Gasteiger partial charge on any atom is 0.313 e. The summed E-state index contributed by atoms with van der Waals surface area (Å²) in [5.41, 5.74) is 0. The van der Waals surface area contributed by atoms with Crippen LogP contribution in [0.25, 0.3) is 0 Å². The van der Waals surface area contributed by atoms with Crippen LogP contribution in [0.5, 0.6) is 11.5 Å². The summed E-state index contributed by atoms with van der Waals surface area (Å²) in [4.78, 5) is 11.0. The topological polar surface area (TPSA) is 55.8 Å². The van der Waals surface area contributed by atoms with Gasteiger partial charge in [0.1, 0.15) is 11.5 Å². The van der Waals surface area contributed by atoms with Gasteiger partial charge in [0.25, 0.3) is 0 Å². The zero-order valence-electron chi connectivity index (χ0n) is 7.90. The zero-order valence-corrected chi connectivity index (χ0v) is 7.90. The van der Waals surface area contributed by atoms with Gasteiger partial charge in [-0.05, 0) is 24.3 Å². The molecule has 0 amide bonds. The molecule has 0 saturated heterocycles. The number of carbonyl (C=O) groups is 1. The largest absolute Gasteiger partial charge is 0.497 e. The molecule has 1 N–H and O–H groups in total. The Labute approximate surface area is 82.1 Å². The van der Waals surface area contributed by atoms with E-state index in [9.17, 15) is 4.79 Å². The van der Waals surface area contributed by atoms with Crippen molar-refractivity contribution in [2.75, 3.05) is 13.7 Å². The monoisotopic (exact) mass is 196 g/mol. The molecule has 0 spiro atoms. The van der Waals surface area contributed by atoms with Crippen molar-refractivity contribution in [2.24, 2.45) is 0 Å². The van der Waals surface area contributed by atoms with Crippen molar-refractivity contribution in [3.8, 4) is 11.5 Å². The van der Waals surface area contributed by atoms with Gasteiger partial charge in [0.2, 0.25) is 0 Å². The average molecular weight is 196 g/mol. The van der Waals surface area contributed by atoms with Crippen molar-refractivity contribution in [3.63, 3.8) is 0 Å². The number of aliphatic hydroxyl groups is 1. The molecule has 0 heterocycles. The number of aliphatic hydroxyl groups excluding tert-OH is 1. The standard InChI is InChI=1S/C10H12O4/c1-13-8-2-4-9(5-3-8)14-10(12)6-7-11/h2-5,11H,6-7H2,1H3. The van der Waals surface area contributed by atoms with E-state index in [1.54, 1.807) is 31.4 Å². The third kappa shape index (κ3) is 3.06. The van der Waals surface area contributed by atoms with Crippen molar-refractivity contribution in [1.82, 2.24) is 0 Å². The van der Waals surface area contributed by atoms with E-state index in [0.717, 1.165) is 0 Å². The molecule has 0 unspecified atom stereocenters. The molecule has 0 saturated carbocycles. The molecular formula is C10H12O4. The summed E-state index contributed by atoms with van der Waals surface area (Å²) in [6.45, 7) is -0.199. The second-order valence-corrected chi connectivity index (χ2v) is 2.62. The van der Waals surface area contributed by atoms with Gasteiger partial charge in [-0.3, -0.25) is 4.79 Å². The number of rotatable bonds is 4. The Balaban J connectivity index is 2.55. The third-order valence-corrected chi connectivity index (χ3v) is 1.61. The van der Waals surface area contributed by atoms with Gasteiger partial charge in [0.15, 0.2) is 0 Å². The van der Waals surface area contributed by atoms with E-state index in [0.29, 0.717) is 11.5 Å². The molecule has 14 heavy (non-hydrogen) atoms. The van der Waals surface area contributed by atoms with Crippen LogP contribution in [-0.2, 0) is 4.79 Å². The number of methoxy groups -OCH3 is 1. The molecule has 4 nitrogen and oxygen atoms in total. The quantitative estimate of drug-likeness (QED) is 0.576. The van der Waals surface area contributed by atoms with Crippen LogP contribution in [0, 0.1) is 0 Å². The fourth-order valence-electron chi connectivity index (χ4n) is 0.918. The average Bonchev–Trinajstić information content (AvgIpc) is 2.19. The second-order valence-electron chi connectivity index (χ2n) is 2.62. The maximum absolute atomic E-state index is 11.0. The minimum Gasteiger partial charge on any atom is -0.497 e. The molecule has 0 bridgehead atoms. The normalized spacial score (nSPS) is 9.57. The van der Waals surface area contributed by atoms with Crippen LogP contribution < -0.4 is 9.47 Å². The summed E-state index contributed by atoms with van der Waals surface area (Å²) in [6, 6.07) is 6.66. The highest BCUT2D eigenvalue weighted by molar-refractivity contribution is 5.72. The highest BCUT2D eigenvalue weighted by Crippen LogP contribution is 2.17. The highest BCUT2D eigenvalue weighted by atomic mass is 16.5. The Morgan fingerprint density at radius 3 is 2.36 bits per heavy atom. The van der Waals surface area contributed by atoms with E-state index in [1.807, 2.05) is 0 Å². The van der Waals surface area contributed by atoms with E-state index >= 15 is 0 Å². The lowest BCUT2D eigenvalue weighted by Gasteiger charge is -2.03. The van der Waals surface area contributed by atoms with Crippen molar-refractivity contribution in [2.45, 2.75) is 6.42 Å². The van der Waals surface area contributed by atoms with Crippen molar-refractivity contribution < 1.29 is 19.4 Å². The number of esters is 1. The molecule has 0 aliphatic rings. The minimum absolute atomic E-state index is 0.00598. The lowest BCUT2D eigenvalue weighted by molar-refractivity contribution is -0.135. The Hall–Kier alpha value is -1.55. The SMILES string of the molecule is COc1ccc(OC(=O)CCO)cc1.